The monoisotopic (exact) mass is 227 g/mol. The summed E-state index contributed by atoms with van der Waals surface area (Å²) in [5, 5.41) is 3.21. The number of nitrogens with zero attached hydrogens (tertiary/aromatic N) is 2. The van der Waals surface area contributed by atoms with Crippen LogP contribution in [0.3, 0.4) is 0 Å². The molecule has 0 aliphatic heterocycles. The Bertz CT molecular complexity index is 500. The van der Waals surface area contributed by atoms with Crippen LogP contribution in [0.5, 0.6) is 0 Å². The second-order valence-corrected chi connectivity index (χ2v) is 4.04. The summed E-state index contributed by atoms with van der Waals surface area (Å²) in [4.78, 5) is 4.28. The van der Waals surface area contributed by atoms with Crippen LogP contribution in [0.1, 0.15) is 11.1 Å². The molecule has 1 aromatic heterocycles. The van der Waals surface area contributed by atoms with Crippen molar-refractivity contribution in [3.05, 3.63) is 60.4 Å². The Balaban J connectivity index is 2.13. The highest BCUT2D eigenvalue weighted by molar-refractivity contribution is 5.30. The predicted molar refractivity (Wildman–Crippen MR) is 71.2 cm³/mol. The Morgan fingerprint density at radius 3 is 3.12 bits per heavy atom. The zero-order valence-electron chi connectivity index (χ0n) is 10.1. The second kappa shape index (κ2) is 5.34. The zero-order chi connectivity index (χ0) is 12.1. The molecular formula is C14H17N3. The molecule has 0 fully saturated rings. The van der Waals surface area contributed by atoms with Crippen molar-refractivity contribution < 1.29 is 0 Å². The molecule has 2 aromatic rings. The van der Waals surface area contributed by atoms with E-state index >= 15 is 0 Å². The number of benzene rings is 1. The minimum atomic E-state index is 0.727. The van der Waals surface area contributed by atoms with E-state index in [1.54, 1.807) is 6.20 Å². The van der Waals surface area contributed by atoms with E-state index in [-0.39, 0.29) is 0 Å². The number of aryl methyl sites for hydroxylation is 1. The number of anilines is 1. The Kier molecular flexibility index (Phi) is 3.60. The lowest BCUT2D eigenvalue weighted by molar-refractivity contribution is 0.801. The van der Waals surface area contributed by atoms with Crippen LogP contribution in [0.2, 0.25) is 0 Å². The van der Waals surface area contributed by atoms with Crippen molar-refractivity contribution in [2.45, 2.75) is 13.5 Å². The molecule has 0 saturated carbocycles. The fraction of sp³-hybridized carbons (Fsp3) is 0.214. The van der Waals surface area contributed by atoms with Gasteiger partial charge in [0.15, 0.2) is 0 Å². The minimum absolute atomic E-state index is 0.727. The summed E-state index contributed by atoms with van der Waals surface area (Å²) in [5.74, 6) is 0.881. The molecule has 3 nitrogen and oxygen atoms in total. The Morgan fingerprint density at radius 1 is 1.47 bits per heavy atom. The maximum atomic E-state index is 4.28. The van der Waals surface area contributed by atoms with Gasteiger partial charge in [-0.15, -0.1) is 6.58 Å². The summed E-state index contributed by atoms with van der Waals surface area (Å²) in [6, 6.07) is 8.51. The van der Waals surface area contributed by atoms with Gasteiger partial charge in [0, 0.05) is 18.9 Å². The topological polar surface area (TPSA) is 29.9 Å². The van der Waals surface area contributed by atoms with Gasteiger partial charge in [-0.25, -0.2) is 4.98 Å². The normalized spacial score (nSPS) is 10.2. The molecule has 88 valence electrons. The van der Waals surface area contributed by atoms with Gasteiger partial charge in [-0.05, 0) is 12.5 Å². The van der Waals surface area contributed by atoms with Gasteiger partial charge in [0.05, 0.1) is 6.54 Å². The van der Waals surface area contributed by atoms with Crippen molar-refractivity contribution in [2.24, 2.45) is 0 Å². The van der Waals surface area contributed by atoms with Crippen LogP contribution in [0.25, 0.3) is 0 Å². The predicted octanol–water partition coefficient (Wildman–Crippen LogP) is 2.84. The number of imidazole rings is 1. The Hall–Kier alpha value is -2.03. The molecule has 17 heavy (non-hydrogen) atoms. The highest BCUT2D eigenvalue weighted by atomic mass is 15.2. The molecule has 0 amide bonds. The smallest absolute Gasteiger partial charge is 0.203 e. The van der Waals surface area contributed by atoms with Gasteiger partial charge in [-0.3, -0.25) is 0 Å². The molecule has 2 rings (SSSR count). The molecule has 0 aliphatic rings. The highest BCUT2D eigenvalue weighted by Crippen LogP contribution is 2.10. The minimum Gasteiger partial charge on any atom is -0.352 e. The van der Waals surface area contributed by atoms with Gasteiger partial charge >= 0.3 is 0 Å². The first kappa shape index (κ1) is 11.5. The van der Waals surface area contributed by atoms with E-state index in [0.717, 1.165) is 19.0 Å². The lowest BCUT2D eigenvalue weighted by Gasteiger charge is -2.09. The van der Waals surface area contributed by atoms with Crippen molar-refractivity contribution in [2.75, 3.05) is 11.9 Å². The average molecular weight is 227 g/mol. The van der Waals surface area contributed by atoms with Crippen LogP contribution in [-0.4, -0.2) is 16.1 Å². The van der Waals surface area contributed by atoms with Gasteiger partial charge in [-0.2, -0.15) is 0 Å². The summed E-state index contributed by atoms with van der Waals surface area (Å²) in [6.07, 6.45) is 5.61. The zero-order valence-corrected chi connectivity index (χ0v) is 10.1. The fourth-order valence-electron chi connectivity index (χ4n) is 1.77. The molecule has 0 bridgehead atoms. The maximum absolute atomic E-state index is 4.28. The van der Waals surface area contributed by atoms with Crippen LogP contribution in [0.4, 0.5) is 5.95 Å². The van der Waals surface area contributed by atoms with E-state index in [0.29, 0.717) is 0 Å². The van der Waals surface area contributed by atoms with Crippen LogP contribution in [0.15, 0.2) is 49.3 Å². The standard InChI is InChI=1S/C14H17N3/c1-3-7-15-14-16-8-9-17(14)11-13-6-4-5-12(2)10-13/h3-6,8-10H,1,7,11H2,2H3,(H,15,16). The van der Waals surface area contributed by atoms with E-state index in [2.05, 4.69) is 52.6 Å². The first-order chi connectivity index (χ1) is 8.29. The van der Waals surface area contributed by atoms with Crippen molar-refractivity contribution >= 4 is 5.95 Å². The third kappa shape index (κ3) is 2.97. The van der Waals surface area contributed by atoms with Gasteiger partial charge in [0.1, 0.15) is 0 Å². The molecule has 1 aromatic carbocycles. The van der Waals surface area contributed by atoms with Crippen LogP contribution >= 0.6 is 0 Å². The number of nitrogens with one attached hydrogen (secondary N) is 1. The average Bonchev–Trinajstić information content (AvgIpc) is 2.74. The molecule has 0 aliphatic carbocycles. The van der Waals surface area contributed by atoms with Crippen LogP contribution in [0, 0.1) is 6.92 Å². The third-order valence-corrected chi connectivity index (χ3v) is 2.56. The van der Waals surface area contributed by atoms with Gasteiger partial charge in [0.2, 0.25) is 5.95 Å². The van der Waals surface area contributed by atoms with Crippen LogP contribution < -0.4 is 5.32 Å². The van der Waals surface area contributed by atoms with E-state index in [1.165, 1.54) is 11.1 Å². The van der Waals surface area contributed by atoms with Crippen LogP contribution in [-0.2, 0) is 6.54 Å². The maximum Gasteiger partial charge on any atom is 0.203 e. The first-order valence-electron chi connectivity index (χ1n) is 5.71. The molecular weight excluding hydrogens is 210 g/mol. The summed E-state index contributed by atoms with van der Waals surface area (Å²) in [7, 11) is 0. The summed E-state index contributed by atoms with van der Waals surface area (Å²) in [5.41, 5.74) is 2.56. The van der Waals surface area contributed by atoms with E-state index < -0.39 is 0 Å². The van der Waals surface area contributed by atoms with Crippen molar-refractivity contribution in [1.82, 2.24) is 9.55 Å². The van der Waals surface area contributed by atoms with Gasteiger partial charge in [-0.1, -0.05) is 35.9 Å². The SMILES string of the molecule is C=CCNc1nccn1Cc1cccc(C)c1. The number of hydrogen-bond acceptors (Lipinski definition) is 2. The number of aromatic nitrogens is 2. The van der Waals surface area contributed by atoms with Gasteiger partial charge < -0.3 is 9.88 Å². The van der Waals surface area contributed by atoms with E-state index in [9.17, 15) is 0 Å². The van der Waals surface area contributed by atoms with Crippen molar-refractivity contribution in [1.29, 1.82) is 0 Å². The summed E-state index contributed by atoms with van der Waals surface area (Å²) >= 11 is 0. The largest absolute Gasteiger partial charge is 0.352 e. The lowest BCUT2D eigenvalue weighted by atomic mass is 10.1. The summed E-state index contributed by atoms with van der Waals surface area (Å²) in [6.45, 7) is 7.35. The molecule has 0 saturated heterocycles. The molecule has 0 unspecified atom stereocenters. The molecule has 0 atom stereocenters. The second-order valence-electron chi connectivity index (χ2n) is 4.04. The molecule has 3 heteroatoms. The fourth-order valence-corrected chi connectivity index (χ4v) is 1.77. The number of rotatable bonds is 5. The highest BCUT2D eigenvalue weighted by Gasteiger charge is 2.02. The quantitative estimate of drug-likeness (QED) is 0.796. The molecule has 1 heterocycles. The Labute approximate surface area is 102 Å². The Morgan fingerprint density at radius 2 is 2.35 bits per heavy atom. The molecule has 1 N–H and O–H groups in total. The van der Waals surface area contributed by atoms with Crippen molar-refractivity contribution in [3.8, 4) is 0 Å². The van der Waals surface area contributed by atoms with Crippen molar-refractivity contribution in [3.63, 3.8) is 0 Å². The first-order valence-corrected chi connectivity index (χ1v) is 5.71. The van der Waals surface area contributed by atoms with E-state index in [4.69, 9.17) is 0 Å². The lowest BCUT2D eigenvalue weighted by Crippen LogP contribution is -2.07. The number of hydrogen-bond donors (Lipinski definition) is 1. The molecule has 0 spiro atoms. The molecule has 0 radical (unpaired) electrons. The summed E-state index contributed by atoms with van der Waals surface area (Å²) < 4.78 is 2.10. The third-order valence-electron chi connectivity index (χ3n) is 2.56. The van der Waals surface area contributed by atoms with E-state index in [1.807, 2.05) is 12.3 Å². The van der Waals surface area contributed by atoms with Gasteiger partial charge in [0.25, 0.3) is 0 Å².